The van der Waals surface area contributed by atoms with E-state index in [0.717, 1.165) is 12.2 Å². The normalized spacial score (nSPS) is 17.2. The summed E-state index contributed by atoms with van der Waals surface area (Å²) < 4.78 is 4.41. The second-order valence-electron chi connectivity index (χ2n) is 2.48. The first kappa shape index (κ1) is 9.32. The Labute approximate surface area is 75.2 Å². The van der Waals surface area contributed by atoms with E-state index in [4.69, 9.17) is 0 Å². The van der Waals surface area contributed by atoms with Crippen molar-refractivity contribution in [1.82, 2.24) is 0 Å². The second-order valence-corrected chi connectivity index (χ2v) is 3.58. The molecule has 66 valence electrons. The van der Waals surface area contributed by atoms with Crippen LogP contribution in [0, 0.1) is 0 Å². The van der Waals surface area contributed by atoms with Gasteiger partial charge in [0.1, 0.15) is 4.91 Å². The van der Waals surface area contributed by atoms with Crippen molar-refractivity contribution in [2.75, 3.05) is 5.75 Å². The SMILES string of the molecule is CCCSC1=C(C)C(=O)OC1=O. The summed E-state index contributed by atoms with van der Waals surface area (Å²) in [5, 5.41) is 0. The maximum absolute atomic E-state index is 11.0. The lowest BCUT2D eigenvalue weighted by Crippen LogP contribution is -2.00. The Morgan fingerprint density at radius 2 is 2.00 bits per heavy atom. The molecule has 3 nitrogen and oxygen atoms in total. The summed E-state index contributed by atoms with van der Waals surface area (Å²) in [6.45, 7) is 3.64. The number of esters is 2. The Bertz CT molecular complexity index is 255. The maximum atomic E-state index is 11.0. The zero-order valence-electron chi connectivity index (χ0n) is 7.05. The molecule has 0 unspecified atom stereocenters. The first-order valence-corrected chi connectivity index (χ1v) is 4.75. The number of cyclic esters (lactones) is 2. The third-order valence-corrected chi connectivity index (χ3v) is 2.84. The second kappa shape index (κ2) is 3.76. The molecule has 0 atom stereocenters. The minimum absolute atomic E-state index is 0.443. The van der Waals surface area contributed by atoms with Gasteiger partial charge in [-0.05, 0) is 19.1 Å². The van der Waals surface area contributed by atoms with Crippen LogP contribution in [0.25, 0.3) is 0 Å². The van der Waals surface area contributed by atoms with Crippen molar-refractivity contribution in [3.63, 3.8) is 0 Å². The lowest BCUT2D eigenvalue weighted by Gasteiger charge is -1.95. The van der Waals surface area contributed by atoms with Gasteiger partial charge >= 0.3 is 11.9 Å². The monoisotopic (exact) mass is 186 g/mol. The molecule has 0 aromatic carbocycles. The van der Waals surface area contributed by atoms with E-state index < -0.39 is 11.9 Å². The number of hydrogen-bond donors (Lipinski definition) is 0. The van der Waals surface area contributed by atoms with E-state index in [1.165, 1.54) is 11.8 Å². The minimum Gasteiger partial charge on any atom is -0.386 e. The summed E-state index contributed by atoms with van der Waals surface area (Å²) in [5.74, 6) is -0.149. The predicted octanol–water partition coefficient (Wildman–Crippen LogP) is 1.49. The molecule has 0 radical (unpaired) electrons. The first-order chi connectivity index (χ1) is 5.66. The third-order valence-electron chi connectivity index (χ3n) is 1.47. The first-order valence-electron chi connectivity index (χ1n) is 3.77. The van der Waals surface area contributed by atoms with Crippen molar-refractivity contribution in [2.24, 2.45) is 0 Å². The highest BCUT2D eigenvalue weighted by Gasteiger charge is 2.29. The Balaban J connectivity index is 2.71. The van der Waals surface area contributed by atoms with Crippen molar-refractivity contribution in [3.05, 3.63) is 10.5 Å². The molecule has 1 rings (SSSR count). The van der Waals surface area contributed by atoms with E-state index in [9.17, 15) is 9.59 Å². The van der Waals surface area contributed by atoms with Crippen LogP contribution in [0.4, 0.5) is 0 Å². The van der Waals surface area contributed by atoms with Crippen LogP contribution in [0.5, 0.6) is 0 Å². The van der Waals surface area contributed by atoms with Gasteiger partial charge in [0.15, 0.2) is 0 Å². The summed E-state index contributed by atoms with van der Waals surface area (Å²) >= 11 is 1.39. The summed E-state index contributed by atoms with van der Waals surface area (Å²) in [6, 6.07) is 0. The average Bonchev–Trinajstić information content (AvgIpc) is 2.25. The van der Waals surface area contributed by atoms with Gasteiger partial charge in [-0.1, -0.05) is 6.92 Å². The van der Waals surface area contributed by atoms with Gasteiger partial charge in [0, 0.05) is 0 Å². The van der Waals surface area contributed by atoms with Gasteiger partial charge in [0.2, 0.25) is 0 Å². The van der Waals surface area contributed by atoms with Gasteiger partial charge < -0.3 is 4.74 Å². The molecule has 0 saturated heterocycles. The molecule has 1 aliphatic heterocycles. The highest BCUT2D eigenvalue weighted by atomic mass is 32.2. The third kappa shape index (κ3) is 1.69. The van der Waals surface area contributed by atoms with E-state index in [-0.39, 0.29) is 0 Å². The van der Waals surface area contributed by atoms with E-state index >= 15 is 0 Å². The molecular formula is C8H10O3S. The van der Waals surface area contributed by atoms with E-state index in [0.29, 0.717) is 10.5 Å². The topological polar surface area (TPSA) is 43.4 Å². The fourth-order valence-corrected chi connectivity index (χ4v) is 1.69. The molecule has 12 heavy (non-hydrogen) atoms. The smallest absolute Gasteiger partial charge is 0.353 e. The number of hydrogen-bond acceptors (Lipinski definition) is 4. The Kier molecular flexibility index (Phi) is 2.92. The zero-order chi connectivity index (χ0) is 9.14. The standard InChI is InChI=1S/C8H10O3S/c1-3-4-12-6-5(2)7(9)11-8(6)10/h3-4H2,1-2H3. The van der Waals surface area contributed by atoms with Gasteiger partial charge in [-0.15, -0.1) is 11.8 Å². The zero-order valence-corrected chi connectivity index (χ0v) is 7.86. The van der Waals surface area contributed by atoms with Crippen LogP contribution in [0.15, 0.2) is 10.5 Å². The van der Waals surface area contributed by atoms with Gasteiger partial charge in [-0.3, -0.25) is 0 Å². The molecule has 0 saturated carbocycles. The summed E-state index contributed by atoms with van der Waals surface area (Å²) in [4.78, 5) is 22.3. The molecule has 0 aromatic rings. The van der Waals surface area contributed by atoms with Crippen molar-refractivity contribution < 1.29 is 14.3 Å². The van der Waals surface area contributed by atoms with Gasteiger partial charge in [-0.2, -0.15) is 0 Å². The number of ether oxygens (including phenoxy) is 1. The summed E-state index contributed by atoms with van der Waals surface area (Å²) in [6.07, 6.45) is 0.975. The molecule has 0 amide bonds. The van der Waals surface area contributed by atoms with Crippen molar-refractivity contribution in [3.8, 4) is 0 Å². The molecular weight excluding hydrogens is 176 g/mol. The van der Waals surface area contributed by atoms with E-state index in [1.807, 2.05) is 6.92 Å². The van der Waals surface area contributed by atoms with Crippen LogP contribution in [0.1, 0.15) is 20.3 Å². The van der Waals surface area contributed by atoms with Crippen molar-refractivity contribution in [1.29, 1.82) is 0 Å². The van der Waals surface area contributed by atoms with Crippen LogP contribution < -0.4 is 0 Å². The lowest BCUT2D eigenvalue weighted by atomic mass is 10.3. The molecule has 0 spiro atoms. The van der Waals surface area contributed by atoms with E-state index in [2.05, 4.69) is 4.74 Å². The van der Waals surface area contributed by atoms with Gasteiger partial charge in [0.05, 0.1) is 5.57 Å². The minimum atomic E-state index is -0.501. The highest BCUT2D eigenvalue weighted by Crippen LogP contribution is 2.27. The Morgan fingerprint density at radius 3 is 2.42 bits per heavy atom. The molecule has 0 N–H and O–H groups in total. The van der Waals surface area contributed by atoms with Crippen LogP contribution in [0.2, 0.25) is 0 Å². The molecule has 0 aromatic heterocycles. The van der Waals surface area contributed by atoms with Gasteiger partial charge in [0.25, 0.3) is 0 Å². The van der Waals surface area contributed by atoms with Gasteiger partial charge in [-0.25, -0.2) is 9.59 Å². The number of thioether (sulfide) groups is 1. The molecule has 0 bridgehead atoms. The maximum Gasteiger partial charge on any atom is 0.353 e. The number of carbonyl (C=O) groups excluding carboxylic acids is 2. The Morgan fingerprint density at radius 1 is 1.33 bits per heavy atom. The Hall–Kier alpha value is -0.770. The van der Waals surface area contributed by atoms with Crippen LogP contribution in [-0.4, -0.2) is 17.7 Å². The molecule has 0 fully saturated rings. The van der Waals surface area contributed by atoms with Crippen molar-refractivity contribution in [2.45, 2.75) is 20.3 Å². The summed E-state index contributed by atoms with van der Waals surface area (Å²) in [7, 11) is 0. The van der Waals surface area contributed by atoms with Crippen LogP contribution in [-0.2, 0) is 14.3 Å². The number of carbonyl (C=O) groups is 2. The lowest BCUT2D eigenvalue weighted by molar-refractivity contribution is -0.150. The van der Waals surface area contributed by atoms with Crippen LogP contribution >= 0.6 is 11.8 Å². The highest BCUT2D eigenvalue weighted by molar-refractivity contribution is 8.04. The largest absolute Gasteiger partial charge is 0.386 e. The predicted molar refractivity (Wildman–Crippen MR) is 46.5 cm³/mol. The molecule has 1 heterocycles. The van der Waals surface area contributed by atoms with E-state index in [1.54, 1.807) is 6.92 Å². The molecule has 4 heteroatoms. The average molecular weight is 186 g/mol. The fourth-order valence-electron chi connectivity index (χ4n) is 0.824. The quantitative estimate of drug-likeness (QED) is 0.494. The number of rotatable bonds is 3. The van der Waals surface area contributed by atoms with Crippen molar-refractivity contribution >= 4 is 23.7 Å². The fraction of sp³-hybridized carbons (Fsp3) is 0.500. The summed E-state index contributed by atoms with van der Waals surface area (Å²) in [5.41, 5.74) is 0.443. The van der Waals surface area contributed by atoms with Crippen LogP contribution in [0.3, 0.4) is 0 Å². The molecule has 0 aliphatic carbocycles. The molecule has 1 aliphatic rings.